The molecule has 6 heteroatoms. The number of carbonyl (C=O) groups is 2. The van der Waals surface area contributed by atoms with Crippen LogP contribution >= 0.6 is 0 Å². The summed E-state index contributed by atoms with van der Waals surface area (Å²) in [6.07, 6.45) is 8.38. The number of nitrogens with zero attached hydrogens (tertiary/aromatic N) is 1. The van der Waals surface area contributed by atoms with Crippen molar-refractivity contribution in [2.45, 2.75) is 38.1 Å². The topological polar surface area (TPSA) is 67.9 Å². The molecule has 0 aromatic heterocycles. The summed E-state index contributed by atoms with van der Waals surface area (Å²) >= 11 is 0. The quantitative estimate of drug-likeness (QED) is 0.626. The summed E-state index contributed by atoms with van der Waals surface area (Å²) < 4.78 is 10.9. The van der Waals surface area contributed by atoms with Crippen LogP contribution in [0.25, 0.3) is 0 Å². The van der Waals surface area contributed by atoms with Crippen LogP contribution in [0.4, 0.5) is 5.69 Å². The third-order valence-corrected chi connectivity index (χ3v) is 6.68. The molecule has 1 N–H and O–H groups in total. The fraction of sp³-hybridized carbons (Fsp3) is 0.407. The smallest absolute Gasteiger partial charge is 0.227 e. The lowest BCUT2D eigenvalue weighted by molar-refractivity contribution is -0.129. The number of anilines is 1. The first-order valence-electron chi connectivity index (χ1n) is 11.6. The Kier molecular flexibility index (Phi) is 7.33. The molecule has 4 rings (SSSR count). The van der Waals surface area contributed by atoms with E-state index in [1.54, 1.807) is 19.1 Å². The van der Waals surface area contributed by atoms with Crippen LogP contribution in [0.1, 0.15) is 43.7 Å². The Morgan fingerprint density at radius 2 is 1.82 bits per heavy atom. The van der Waals surface area contributed by atoms with Gasteiger partial charge in [0.1, 0.15) is 11.5 Å². The van der Waals surface area contributed by atoms with Gasteiger partial charge in [-0.1, -0.05) is 30.4 Å². The zero-order chi connectivity index (χ0) is 23.2. The third kappa shape index (κ3) is 5.05. The van der Waals surface area contributed by atoms with Gasteiger partial charge in [-0.25, -0.2) is 0 Å². The van der Waals surface area contributed by atoms with Gasteiger partial charge in [0.05, 0.1) is 26.2 Å². The lowest BCUT2D eigenvalue weighted by atomic mass is 9.82. The van der Waals surface area contributed by atoms with Crippen molar-refractivity contribution in [3.05, 3.63) is 66.2 Å². The van der Waals surface area contributed by atoms with E-state index >= 15 is 0 Å². The first-order valence-corrected chi connectivity index (χ1v) is 11.6. The number of carbonyl (C=O) groups excluding carboxylic acids is 2. The van der Waals surface area contributed by atoms with Gasteiger partial charge >= 0.3 is 0 Å². The van der Waals surface area contributed by atoms with Crippen molar-refractivity contribution in [2.24, 2.45) is 11.8 Å². The van der Waals surface area contributed by atoms with Crippen molar-refractivity contribution >= 4 is 17.5 Å². The summed E-state index contributed by atoms with van der Waals surface area (Å²) in [6.45, 7) is 0.662. The third-order valence-electron chi connectivity index (χ3n) is 6.68. The highest BCUT2D eigenvalue weighted by atomic mass is 16.5. The standard InChI is InChI=1S/C27H32N2O4/c1-32-21-14-12-20(13-15-21)29-25(30)17-16-23(26(29)22-10-6-7-11-24(22)33-2)27(31)28-18-19-8-4-3-5-9-19/h3-4,6-7,10-15,19,23,26H,5,8-9,16-18H2,1-2H3,(H,28,31). The fourth-order valence-corrected chi connectivity index (χ4v) is 4.90. The molecule has 0 bridgehead atoms. The molecule has 2 aliphatic rings. The van der Waals surface area contributed by atoms with Crippen LogP contribution < -0.4 is 19.7 Å². The number of hydrogen-bond donors (Lipinski definition) is 1. The molecule has 3 unspecified atom stereocenters. The Balaban J connectivity index is 1.67. The van der Waals surface area contributed by atoms with Crippen molar-refractivity contribution in [3.63, 3.8) is 0 Å². The molecule has 2 aromatic rings. The first kappa shape index (κ1) is 22.9. The summed E-state index contributed by atoms with van der Waals surface area (Å²) in [7, 11) is 3.23. The summed E-state index contributed by atoms with van der Waals surface area (Å²) in [4.78, 5) is 28.5. The van der Waals surface area contributed by atoms with Crippen molar-refractivity contribution in [2.75, 3.05) is 25.7 Å². The summed E-state index contributed by atoms with van der Waals surface area (Å²) in [5.41, 5.74) is 1.58. The predicted octanol–water partition coefficient (Wildman–Crippen LogP) is 4.66. The van der Waals surface area contributed by atoms with E-state index in [-0.39, 0.29) is 17.7 Å². The van der Waals surface area contributed by atoms with Gasteiger partial charge in [0.2, 0.25) is 11.8 Å². The lowest BCUT2D eigenvalue weighted by Crippen LogP contribution is -2.49. The molecule has 33 heavy (non-hydrogen) atoms. The van der Waals surface area contributed by atoms with Crippen molar-refractivity contribution in [3.8, 4) is 11.5 Å². The van der Waals surface area contributed by atoms with Crippen LogP contribution in [0.5, 0.6) is 11.5 Å². The van der Waals surface area contributed by atoms with E-state index in [0.717, 1.165) is 30.5 Å². The van der Waals surface area contributed by atoms with Crippen LogP contribution in [-0.2, 0) is 9.59 Å². The Labute approximate surface area is 195 Å². The van der Waals surface area contributed by atoms with E-state index in [1.807, 2.05) is 48.5 Å². The highest BCUT2D eigenvalue weighted by Crippen LogP contribution is 2.43. The molecule has 1 aliphatic heterocycles. The van der Waals surface area contributed by atoms with Gasteiger partial charge in [-0.05, 0) is 61.9 Å². The molecular formula is C27H32N2O4. The maximum atomic E-state index is 13.5. The van der Waals surface area contributed by atoms with Crippen LogP contribution in [0.3, 0.4) is 0 Å². The van der Waals surface area contributed by atoms with Gasteiger partial charge in [0, 0.05) is 24.2 Å². The van der Waals surface area contributed by atoms with Crippen molar-refractivity contribution < 1.29 is 19.1 Å². The van der Waals surface area contributed by atoms with Gasteiger partial charge in [0.15, 0.2) is 0 Å². The first-order chi connectivity index (χ1) is 16.1. The zero-order valence-corrected chi connectivity index (χ0v) is 19.3. The molecule has 6 nitrogen and oxygen atoms in total. The Morgan fingerprint density at radius 3 is 2.52 bits per heavy atom. The van der Waals surface area contributed by atoms with Crippen molar-refractivity contribution in [1.82, 2.24) is 5.32 Å². The average molecular weight is 449 g/mol. The Bertz CT molecular complexity index is 1000. The number of rotatable bonds is 7. The molecule has 2 amide bonds. The Hall–Kier alpha value is -3.28. The Morgan fingerprint density at radius 1 is 1.03 bits per heavy atom. The minimum Gasteiger partial charge on any atom is -0.497 e. The van der Waals surface area contributed by atoms with E-state index in [9.17, 15) is 9.59 Å². The van der Waals surface area contributed by atoms with Crippen LogP contribution in [0.2, 0.25) is 0 Å². The van der Waals surface area contributed by atoms with E-state index in [1.165, 1.54) is 0 Å². The van der Waals surface area contributed by atoms with Crippen molar-refractivity contribution in [1.29, 1.82) is 0 Å². The molecule has 0 saturated carbocycles. The molecule has 0 radical (unpaired) electrons. The normalized spacial score (nSPS) is 22.7. The van der Waals surface area contributed by atoms with E-state index in [2.05, 4.69) is 17.5 Å². The number of piperidine rings is 1. The van der Waals surface area contributed by atoms with Gasteiger partial charge in [-0.15, -0.1) is 0 Å². The number of amides is 2. The molecule has 3 atom stereocenters. The minimum absolute atomic E-state index is 0.00228. The number of para-hydroxylation sites is 1. The summed E-state index contributed by atoms with van der Waals surface area (Å²) in [5.74, 6) is 1.47. The SMILES string of the molecule is COc1ccc(N2C(=O)CCC(C(=O)NCC3CC=CCC3)C2c2ccccc2OC)cc1. The number of benzene rings is 2. The number of ether oxygens (including phenoxy) is 2. The minimum atomic E-state index is -0.456. The second-order valence-electron chi connectivity index (χ2n) is 8.69. The largest absolute Gasteiger partial charge is 0.497 e. The zero-order valence-electron chi connectivity index (χ0n) is 19.3. The molecule has 174 valence electrons. The van der Waals surface area contributed by atoms with Crippen LogP contribution in [-0.4, -0.2) is 32.6 Å². The van der Waals surface area contributed by atoms with E-state index in [0.29, 0.717) is 36.8 Å². The maximum absolute atomic E-state index is 13.5. The highest BCUT2D eigenvalue weighted by Gasteiger charge is 2.42. The predicted molar refractivity (Wildman–Crippen MR) is 128 cm³/mol. The molecule has 1 fully saturated rings. The molecule has 1 aliphatic carbocycles. The highest BCUT2D eigenvalue weighted by molar-refractivity contribution is 5.97. The number of allylic oxidation sites excluding steroid dienone is 2. The molecule has 1 heterocycles. The van der Waals surface area contributed by atoms with Gasteiger partial charge in [-0.2, -0.15) is 0 Å². The fourth-order valence-electron chi connectivity index (χ4n) is 4.90. The maximum Gasteiger partial charge on any atom is 0.227 e. The van der Waals surface area contributed by atoms with E-state index in [4.69, 9.17) is 9.47 Å². The van der Waals surface area contributed by atoms with Gasteiger partial charge < -0.3 is 19.7 Å². The molecule has 1 saturated heterocycles. The molecule has 2 aromatic carbocycles. The molecular weight excluding hydrogens is 416 g/mol. The number of hydrogen-bond acceptors (Lipinski definition) is 4. The summed E-state index contributed by atoms with van der Waals surface area (Å²) in [5, 5.41) is 3.19. The van der Waals surface area contributed by atoms with Gasteiger partial charge in [-0.3, -0.25) is 9.59 Å². The monoisotopic (exact) mass is 448 g/mol. The average Bonchev–Trinajstić information content (AvgIpc) is 2.87. The van der Waals surface area contributed by atoms with Crippen LogP contribution in [0.15, 0.2) is 60.7 Å². The second kappa shape index (κ2) is 10.6. The van der Waals surface area contributed by atoms with Crippen LogP contribution in [0, 0.1) is 11.8 Å². The summed E-state index contributed by atoms with van der Waals surface area (Å²) in [6, 6.07) is 14.6. The lowest BCUT2D eigenvalue weighted by Gasteiger charge is -2.41. The number of methoxy groups -OCH3 is 2. The van der Waals surface area contributed by atoms with E-state index < -0.39 is 6.04 Å². The second-order valence-corrected chi connectivity index (χ2v) is 8.69. The molecule has 0 spiro atoms. The number of nitrogens with one attached hydrogen (secondary N) is 1. The van der Waals surface area contributed by atoms with Gasteiger partial charge in [0.25, 0.3) is 0 Å².